The number of rotatable bonds is 2. The molecule has 0 saturated carbocycles. The molecular weight excluding hydrogens is 163 g/mol. The first-order chi connectivity index (χ1) is 5.89. The van der Waals surface area contributed by atoms with Gasteiger partial charge in [-0.25, -0.2) is 0 Å². The summed E-state index contributed by atoms with van der Waals surface area (Å²) >= 11 is 0. The van der Waals surface area contributed by atoms with Crippen molar-refractivity contribution in [2.75, 3.05) is 0 Å². The molecule has 0 unspecified atom stereocenters. The van der Waals surface area contributed by atoms with E-state index in [1.807, 2.05) is 13.0 Å². The summed E-state index contributed by atoms with van der Waals surface area (Å²) in [6, 6.07) is 0. The maximum absolute atomic E-state index is 5.79. The molecule has 0 aromatic rings. The molecule has 0 spiro atoms. The lowest BCUT2D eigenvalue weighted by Crippen LogP contribution is -2.41. The highest BCUT2D eigenvalue weighted by molar-refractivity contribution is 6.46. The van der Waals surface area contributed by atoms with Crippen molar-refractivity contribution in [3.05, 3.63) is 12.2 Å². The minimum absolute atomic E-state index is 0.0822. The first-order valence-electron chi connectivity index (χ1n) is 4.86. The van der Waals surface area contributed by atoms with E-state index < -0.39 is 0 Å². The van der Waals surface area contributed by atoms with Crippen LogP contribution < -0.4 is 0 Å². The van der Waals surface area contributed by atoms with E-state index in [1.54, 1.807) is 0 Å². The van der Waals surface area contributed by atoms with Crippen LogP contribution in [0.3, 0.4) is 0 Å². The summed E-state index contributed by atoms with van der Waals surface area (Å²) in [5.41, 5.74) is -0.390. The predicted octanol–water partition coefficient (Wildman–Crippen LogP) is 2.65. The van der Waals surface area contributed by atoms with Crippen LogP contribution in [-0.2, 0) is 9.31 Å². The van der Waals surface area contributed by atoms with Gasteiger partial charge >= 0.3 is 7.12 Å². The lowest BCUT2D eigenvalue weighted by atomic mass is 9.85. The van der Waals surface area contributed by atoms with Gasteiger partial charge in [-0.1, -0.05) is 12.2 Å². The molecule has 0 bridgehead atoms. The zero-order valence-corrected chi connectivity index (χ0v) is 9.26. The second kappa shape index (κ2) is 3.47. The second-order valence-corrected chi connectivity index (χ2v) is 4.49. The molecule has 3 heteroatoms. The van der Waals surface area contributed by atoms with Crippen molar-refractivity contribution in [3.8, 4) is 0 Å². The van der Waals surface area contributed by atoms with Gasteiger partial charge in [0.2, 0.25) is 0 Å². The largest absolute Gasteiger partial charge is 0.461 e. The Labute approximate surface area is 81.4 Å². The van der Waals surface area contributed by atoms with E-state index in [4.69, 9.17) is 9.31 Å². The normalized spacial score (nSPS) is 25.8. The van der Waals surface area contributed by atoms with Crippen molar-refractivity contribution in [2.24, 2.45) is 0 Å². The Hall–Kier alpha value is -0.275. The fourth-order valence-electron chi connectivity index (χ4n) is 1.31. The van der Waals surface area contributed by atoms with Gasteiger partial charge in [-0.2, -0.15) is 0 Å². The fourth-order valence-corrected chi connectivity index (χ4v) is 1.31. The predicted molar refractivity (Wildman–Crippen MR) is 55.7 cm³/mol. The third-order valence-corrected chi connectivity index (χ3v) is 2.87. The smallest absolute Gasteiger partial charge is 0.403 e. The standard InChI is InChI=1S/C10H19BO2/c1-6-7-8-11-12-9(2,3)10(4,5)13-11/h6-7H,8H2,1-5H3/b7-6-. The molecule has 0 aromatic heterocycles. The minimum atomic E-state index is -0.195. The molecule has 0 aliphatic carbocycles. The van der Waals surface area contributed by atoms with Gasteiger partial charge in [0.15, 0.2) is 0 Å². The monoisotopic (exact) mass is 182 g/mol. The van der Waals surface area contributed by atoms with Crippen molar-refractivity contribution in [3.63, 3.8) is 0 Å². The fraction of sp³-hybridized carbons (Fsp3) is 0.800. The van der Waals surface area contributed by atoms with Gasteiger partial charge in [0.25, 0.3) is 0 Å². The molecule has 1 fully saturated rings. The molecule has 0 aromatic carbocycles. The SMILES string of the molecule is C/C=C\CB1OC(C)(C)C(C)(C)O1. The molecule has 0 amide bonds. The first kappa shape index (κ1) is 10.8. The second-order valence-electron chi connectivity index (χ2n) is 4.49. The minimum Gasteiger partial charge on any atom is -0.403 e. The average Bonchev–Trinajstić information content (AvgIpc) is 2.17. The zero-order valence-electron chi connectivity index (χ0n) is 9.26. The molecular formula is C10H19BO2. The maximum Gasteiger partial charge on any atom is 0.461 e. The lowest BCUT2D eigenvalue weighted by Gasteiger charge is -2.32. The van der Waals surface area contributed by atoms with E-state index in [0.717, 1.165) is 6.32 Å². The maximum atomic E-state index is 5.79. The van der Waals surface area contributed by atoms with Gasteiger partial charge in [0, 0.05) is 6.32 Å². The molecule has 13 heavy (non-hydrogen) atoms. The van der Waals surface area contributed by atoms with Crippen LogP contribution in [0.5, 0.6) is 0 Å². The van der Waals surface area contributed by atoms with Gasteiger partial charge in [-0.15, -0.1) is 0 Å². The van der Waals surface area contributed by atoms with Gasteiger partial charge in [0.05, 0.1) is 11.2 Å². The van der Waals surface area contributed by atoms with Crippen molar-refractivity contribution in [1.82, 2.24) is 0 Å². The van der Waals surface area contributed by atoms with Crippen LogP contribution in [0.1, 0.15) is 34.6 Å². The highest BCUT2D eigenvalue weighted by Crippen LogP contribution is 2.37. The summed E-state index contributed by atoms with van der Waals surface area (Å²) in [6.07, 6.45) is 4.93. The van der Waals surface area contributed by atoms with E-state index in [1.165, 1.54) is 0 Å². The molecule has 1 aliphatic rings. The van der Waals surface area contributed by atoms with E-state index in [-0.39, 0.29) is 18.3 Å². The van der Waals surface area contributed by atoms with E-state index in [9.17, 15) is 0 Å². The van der Waals surface area contributed by atoms with E-state index in [2.05, 4.69) is 33.8 Å². The van der Waals surface area contributed by atoms with Crippen LogP contribution in [0.25, 0.3) is 0 Å². The Morgan fingerprint density at radius 1 is 1.08 bits per heavy atom. The Morgan fingerprint density at radius 3 is 1.92 bits per heavy atom. The van der Waals surface area contributed by atoms with Crippen LogP contribution in [-0.4, -0.2) is 18.3 Å². The molecule has 1 rings (SSSR count). The molecule has 1 aliphatic heterocycles. The summed E-state index contributed by atoms with van der Waals surface area (Å²) in [7, 11) is -0.0822. The highest BCUT2D eigenvalue weighted by Gasteiger charge is 2.50. The highest BCUT2D eigenvalue weighted by atomic mass is 16.7. The summed E-state index contributed by atoms with van der Waals surface area (Å²) in [4.78, 5) is 0. The van der Waals surface area contributed by atoms with Crippen molar-refractivity contribution < 1.29 is 9.31 Å². The van der Waals surface area contributed by atoms with Crippen molar-refractivity contribution in [2.45, 2.75) is 52.1 Å². The molecule has 1 saturated heterocycles. The quantitative estimate of drug-likeness (QED) is 0.482. The third-order valence-electron chi connectivity index (χ3n) is 2.87. The van der Waals surface area contributed by atoms with Crippen LogP contribution in [0.2, 0.25) is 6.32 Å². The Kier molecular flexibility index (Phi) is 2.88. The van der Waals surface area contributed by atoms with Gasteiger partial charge in [-0.05, 0) is 34.6 Å². The summed E-state index contributed by atoms with van der Waals surface area (Å²) < 4.78 is 11.6. The summed E-state index contributed by atoms with van der Waals surface area (Å²) in [5.74, 6) is 0. The van der Waals surface area contributed by atoms with Gasteiger partial charge in [0.1, 0.15) is 0 Å². The molecule has 2 nitrogen and oxygen atoms in total. The van der Waals surface area contributed by atoms with Crippen molar-refractivity contribution in [1.29, 1.82) is 0 Å². The van der Waals surface area contributed by atoms with Crippen LogP contribution in [0.4, 0.5) is 0 Å². The molecule has 0 atom stereocenters. The number of allylic oxidation sites excluding steroid dienone is 2. The number of hydrogen-bond acceptors (Lipinski definition) is 2. The van der Waals surface area contributed by atoms with Gasteiger partial charge < -0.3 is 9.31 Å². The molecule has 0 N–H and O–H groups in total. The van der Waals surface area contributed by atoms with E-state index >= 15 is 0 Å². The lowest BCUT2D eigenvalue weighted by molar-refractivity contribution is 0.00578. The summed E-state index contributed by atoms with van der Waals surface area (Å²) in [6.45, 7) is 10.3. The number of hydrogen-bond donors (Lipinski definition) is 0. The van der Waals surface area contributed by atoms with Crippen LogP contribution in [0.15, 0.2) is 12.2 Å². The zero-order chi connectivity index (χ0) is 10.1. The van der Waals surface area contributed by atoms with Crippen LogP contribution in [0, 0.1) is 0 Å². The van der Waals surface area contributed by atoms with Crippen LogP contribution >= 0.6 is 0 Å². The Bertz CT molecular complexity index is 193. The third kappa shape index (κ3) is 2.15. The molecule has 1 heterocycles. The molecule has 0 radical (unpaired) electrons. The van der Waals surface area contributed by atoms with Crippen molar-refractivity contribution >= 4 is 7.12 Å². The first-order valence-corrected chi connectivity index (χ1v) is 4.86. The molecule has 74 valence electrons. The Balaban J connectivity index is 2.60. The summed E-state index contributed by atoms with van der Waals surface area (Å²) in [5, 5.41) is 0. The van der Waals surface area contributed by atoms with Gasteiger partial charge in [-0.3, -0.25) is 0 Å². The average molecular weight is 182 g/mol. The Morgan fingerprint density at radius 2 is 1.54 bits per heavy atom. The topological polar surface area (TPSA) is 18.5 Å². The van der Waals surface area contributed by atoms with E-state index in [0.29, 0.717) is 0 Å².